The van der Waals surface area contributed by atoms with Crippen molar-refractivity contribution in [3.05, 3.63) is 11.6 Å². The lowest BCUT2D eigenvalue weighted by Crippen LogP contribution is -1.97. The average molecular weight is 244 g/mol. The summed E-state index contributed by atoms with van der Waals surface area (Å²) in [6.45, 7) is 7.21. The Kier molecular flexibility index (Phi) is 5.78. The van der Waals surface area contributed by atoms with E-state index in [0.717, 1.165) is 12.3 Å². The van der Waals surface area contributed by atoms with Gasteiger partial charge in [0.2, 0.25) is 7.37 Å². The van der Waals surface area contributed by atoms with Crippen LogP contribution in [0.2, 0.25) is 0 Å². The molecule has 1 aliphatic rings. The molecule has 0 N–H and O–H groups in total. The fourth-order valence-corrected chi connectivity index (χ4v) is 4.23. The second-order valence-electron chi connectivity index (χ2n) is 5.28. The molecule has 0 aromatic heterocycles. The molecule has 3 heteroatoms. The highest BCUT2D eigenvalue weighted by molar-refractivity contribution is 7.59. The van der Waals surface area contributed by atoms with Crippen molar-refractivity contribution in [1.82, 2.24) is 0 Å². The standard InChI is InChI=1S/C13H25O2P/c1-12(2)7-5-4-6-9-15-16(14)10-8-13(3)11-16/h8,12H,4-7,9-11H2,1-3H3. The molecule has 0 aliphatic carbocycles. The molecular formula is C13H25O2P. The first-order valence-electron chi connectivity index (χ1n) is 6.40. The lowest BCUT2D eigenvalue weighted by Gasteiger charge is -2.12. The summed E-state index contributed by atoms with van der Waals surface area (Å²) in [6.07, 6.45) is 8.20. The molecule has 0 spiro atoms. The van der Waals surface area contributed by atoms with Crippen molar-refractivity contribution < 1.29 is 9.09 Å². The third-order valence-corrected chi connectivity index (χ3v) is 5.33. The topological polar surface area (TPSA) is 26.3 Å². The Hall–Kier alpha value is -0.0700. The first kappa shape index (κ1) is 14.0. The number of hydrogen-bond acceptors (Lipinski definition) is 2. The van der Waals surface area contributed by atoms with Crippen LogP contribution in [0.15, 0.2) is 11.6 Å². The van der Waals surface area contributed by atoms with E-state index in [1.54, 1.807) is 0 Å². The first-order valence-corrected chi connectivity index (χ1v) is 8.39. The molecule has 0 amide bonds. The van der Waals surface area contributed by atoms with Gasteiger partial charge in [0.25, 0.3) is 0 Å². The highest BCUT2D eigenvalue weighted by Gasteiger charge is 2.26. The zero-order valence-electron chi connectivity index (χ0n) is 10.9. The summed E-state index contributed by atoms with van der Waals surface area (Å²) in [4.78, 5) is 0. The minimum Gasteiger partial charge on any atom is -0.328 e. The average Bonchev–Trinajstić information content (AvgIpc) is 2.52. The van der Waals surface area contributed by atoms with Gasteiger partial charge in [-0.3, -0.25) is 4.57 Å². The summed E-state index contributed by atoms with van der Waals surface area (Å²) < 4.78 is 17.7. The normalized spacial score (nSPS) is 25.1. The number of allylic oxidation sites excluding steroid dienone is 2. The molecule has 0 radical (unpaired) electrons. The molecule has 1 atom stereocenters. The number of unbranched alkanes of at least 4 members (excludes halogenated alkanes) is 2. The van der Waals surface area contributed by atoms with Crippen LogP contribution in [-0.4, -0.2) is 18.9 Å². The van der Waals surface area contributed by atoms with Crippen molar-refractivity contribution in [1.29, 1.82) is 0 Å². The molecule has 2 nitrogen and oxygen atoms in total. The molecule has 0 fully saturated rings. The predicted molar refractivity (Wildman–Crippen MR) is 70.4 cm³/mol. The SMILES string of the molecule is CC1=CCP(=O)(OCCCCCC(C)C)C1. The van der Waals surface area contributed by atoms with Crippen LogP contribution in [0.5, 0.6) is 0 Å². The Morgan fingerprint density at radius 2 is 2.12 bits per heavy atom. The summed E-state index contributed by atoms with van der Waals surface area (Å²) in [5.41, 5.74) is 1.23. The van der Waals surface area contributed by atoms with Crippen molar-refractivity contribution in [2.75, 3.05) is 18.9 Å². The van der Waals surface area contributed by atoms with Gasteiger partial charge in [0.05, 0.1) is 6.61 Å². The molecule has 1 unspecified atom stereocenters. The molecule has 16 heavy (non-hydrogen) atoms. The van der Waals surface area contributed by atoms with Gasteiger partial charge in [0.1, 0.15) is 0 Å². The Bertz CT molecular complexity index is 282. The van der Waals surface area contributed by atoms with Gasteiger partial charge in [0.15, 0.2) is 0 Å². The summed E-state index contributed by atoms with van der Waals surface area (Å²) in [5.74, 6) is 0.793. The van der Waals surface area contributed by atoms with E-state index in [1.165, 1.54) is 24.8 Å². The first-order chi connectivity index (χ1) is 7.52. The quantitative estimate of drug-likeness (QED) is 0.375. The Morgan fingerprint density at radius 1 is 1.38 bits per heavy atom. The van der Waals surface area contributed by atoms with Gasteiger partial charge in [0, 0.05) is 12.3 Å². The summed E-state index contributed by atoms with van der Waals surface area (Å²) in [5, 5.41) is 0. The molecule has 0 bridgehead atoms. The summed E-state index contributed by atoms with van der Waals surface area (Å²) in [6, 6.07) is 0. The maximum Gasteiger partial charge on any atom is 0.210 e. The van der Waals surface area contributed by atoms with Gasteiger partial charge in [-0.15, -0.1) is 0 Å². The van der Waals surface area contributed by atoms with Crippen LogP contribution in [0.1, 0.15) is 46.5 Å². The van der Waals surface area contributed by atoms with Crippen LogP contribution in [0.3, 0.4) is 0 Å². The van der Waals surface area contributed by atoms with Gasteiger partial charge >= 0.3 is 0 Å². The van der Waals surface area contributed by atoms with Gasteiger partial charge in [-0.1, -0.05) is 44.8 Å². The van der Waals surface area contributed by atoms with Gasteiger partial charge < -0.3 is 4.52 Å². The Morgan fingerprint density at radius 3 is 2.69 bits per heavy atom. The van der Waals surface area contributed by atoms with Crippen molar-refractivity contribution in [3.8, 4) is 0 Å². The highest BCUT2D eigenvalue weighted by Crippen LogP contribution is 2.52. The van der Waals surface area contributed by atoms with E-state index < -0.39 is 7.37 Å². The van der Waals surface area contributed by atoms with E-state index in [-0.39, 0.29) is 0 Å². The van der Waals surface area contributed by atoms with E-state index in [2.05, 4.69) is 19.9 Å². The third kappa shape index (κ3) is 5.32. The third-order valence-electron chi connectivity index (χ3n) is 2.96. The zero-order valence-corrected chi connectivity index (χ0v) is 11.8. The van der Waals surface area contributed by atoms with Crippen LogP contribution < -0.4 is 0 Å². The van der Waals surface area contributed by atoms with E-state index in [9.17, 15) is 4.57 Å². The molecular weight excluding hydrogens is 219 g/mol. The molecule has 1 rings (SSSR count). The molecule has 0 aromatic carbocycles. The van der Waals surface area contributed by atoms with Crippen LogP contribution in [0.4, 0.5) is 0 Å². The molecule has 1 heterocycles. The van der Waals surface area contributed by atoms with Crippen molar-refractivity contribution in [2.24, 2.45) is 5.92 Å². The van der Waals surface area contributed by atoms with Crippen molar-refractivity contribution >= 4 is 7.37 Å². The van der Waals surface area contributed by atoms with Gasteiger partial charge in [-0.25, -0.2) is 0 Å². The highest BCUT2D eigenvalue weighted by atomic mass is 31.2. The van der Waals surface area contributed by atoms with Crippen molar-refractivity contribution in [2.45, 2.75) is 46.5 Å². The fraction of sp³-hybridized carbons (Fsp3) is 0.846. The maximum atomic E-state index is 12.1. The van der Waals surface area contributed by atoms with Gasteiger partial charge in [-0.2, -0.15) is 0 Å². The minimum atomic E-state index is -2.29. The van der Waals surface area contributed by atoms with E-state index in [4.69, 9.17) is 4.52 Å². The number of hydrogen-bond donors (Lipinski definition) is 0. The number of rotatable bonds is 7. The largest absolute Gasteiger partial charge is 0.328 e. The lowest BCUT2D eigenvalue weighted by molar-refractivity contribution is 0.304. The minimum absolute atomic E-state index is 0.658. The van der Waals surface area contributed by atoms with Crippen molar-refractivity contribution in [3.63, 3.8) is 0 Å². The summed E-state index contributed by atoms with van der Waals surface area (Å²) >= 11 is 0. The second-order valence-corrected chi connectivity index (χ2v) is 7.85. The van der Waals surface area contributed by atoms with Crippen LogP contribution in [0, 0.1) is 5.92 Å². The Balaban J connectivity index is 2.02. The van der Waals surface area contributed by atoms with E-state index in [0.29, 0.717) is 18.9 Å². The predicted octanol–water partition coefficient (Wildman–Crippen LogP) is 4.46. The second kappa shape index (κ2) is 6.61. The summed E-state index contributed by atoms with van der Waals surface area (Å²) in [7, 11) is -2.29. The zero-order chi connectivity index (χ0) is 12.0. The monoisotopic (exact) mass is 244 g/mol. The van der Waals surface area contributed by atoms with Crippen LogP contribution in [0.25, 0.3) is 0 Å². The van der Waals surface area contributed by atoms with Crippen LogP contribution >= 0.6 is 7.37 Å². The molecule has 0 saturated carbocycles. The molecule has 1 aliphatic heterocycles. The van der Waals surface area contributed by atoms with E-state index >= 15 is 0 Å². The van der Waals surface area contributed by atoms with E-state index in [1.807, 2.05) is 6.92 Å². The molecule has 94 valence electrons. The van der Waals surface area contributed by atoms with Gasteiger partial charge in [-0.05, 0) is 19.3 Å². The fourth-order valence-electron chi connectivity index (χ4n) is 1.96. The smallest absolute Gasteiger partial charge is 0.210 e. The molecule has 0 saturated heterocycles. The van der Waals surface area contributed by atoms with Crippen LogP contribution in [-0.2, 0) is 9.09 Å². The Labute approximate surface area is 99.9 Å². The lowest BCUT2D eigenvalue weighted by atomic mass is 10.1. The molecule has 0 aromatic rings. The maximum absolute atomic E-state index is 12.1.